The summed E-state index contributed by atoms with van der Waals surface area (Å²) >= 11 is 0. The first-order valence-corrected chi connectivity index (χ1v) is 13.9. The minimum absolute atomic E-state index is 0.0371. The van der Waals surface area contributed by atoms with Crippen molar-refractivity contribution in [3.05, 3.63) is 66.2 Å². The highest BCUT2D eigenvalue weighted by molar-refractivity contribution is 6.74. The van der Waals surface area contributed by atoms with E-state index >= 15 is 0 Å². The quantitative estimate of drug-likeness (QED) is 0.500. The number of rotatable bonds is 6. The van der Waals surface area contributed by atoms with Gasteiger partial charge in [-0.2, -0.15) is 0 Å². The van der Waals surface area contributed by atoms with Crippen LogP contribution in [0.5, 0.6) is 0 Å². The number of benzene rings is 2. The van der Waals surface area contributed by atoms with Crippen molar-refractivity contribution in [2.75, 3.05) is 19.1 Å². The SMILES string of the molecule is CO[C@@]1(C)C[C@H](c2ccccc2)[C@@H](N(C)c2ccccc2)N(O[Si](C)(C)C(C)(C)C)O1. The monoisotopic (exact) mass is 442 g/mol. The van der Waals surface area contributed by atoms with Gasteiger partial charge in [0, 0.05) is 32.2 Å². The van der Waals surface area contributed by atoms with Crippen molar-refractivity contribution in [1.29, 1.82) is 0 Å². The predicted octanol–water partition coefficient (Wildman–Crippen LogP) is 6.17. The van der Waals surface area contributed by atoms with Crippen LogP contribution in [0.2, 0.25) is 18.1 Å². The maximum atomic E-state index is 6.78. The average molecular weight is 443 g/mol. The smallest absolute Gasteiger partial charge is 0.223 e. The number of anilines is 1. The summed E-state index contributed by atoms with van der Waals surface area (Å²) in [7, 11) is 1.64. The molecule has 1 aliphatic heterocycles. The molecule has 6 heteroatoms. The van der Waals surface area contributed by atoms with Gasteiger partial charge in [-0.15, -0.1) is 0 Å². The molecule has 5 nitrogen and oxygen atoms in total. The first-order valence-electron chi connectivity index (χ1n) is 11.0. The fourth-order valence-electron chi connectivity index (χ4n) is 3.71. The standard InChI is InChI=1S/C25H38N2O3Si/c1-24(2,3)31(7,8)30-27-23(26(5)21-17-13-10-14-18-21)22(19-25(4,28-6)29-27)20-15-11-9-12-16-20/h9-18,22-23H,19H2,1-8H3/t22-,23+,25-/m1/s1. The van der Waals surface area contributed by atoms with Crippen molar-refractivity contribution < 1.29 is 14.1 Å². The Labute approximate surface area is 188 Å². The molecule has 0 bridgehead atoms. The lowest BCUT2D eigenvalue weighted by molar-refractivity contribution is -0.458. The van der Waals surface area contributed by atoms with E-state index in [-0.39, 0.29) is 17.1 Å². The van der Waals surface area contributed by atoms with Gasteiger partial charge in [-0.1, -0.05) is 69.3 Å². The zero-order valence-electron chi connectivity index (χ0n) is 20.3. The Morgan fingerprint density at radius 1 is 1.03 bits per heavy atom. The summed E-state index contributed by atoms with van der Waals surface area (Å²) in [4.78, 5) is 8.69. The van der Waals surface area contributed by atoms with Crippen molar-refractivity contribution in [2.45, 2.75) is 70.1 Å². The summed E-state index contributed by atoms with van der Waals surface area (Å²) < 4.78 is 12.6. The van der Waals surface area contributed by atoms with Crippen LogP contribution in [0.15, 0.2) is 60.7 Å². The van der Waals surface area contributed by atoms with Gasteiger partial charge in [-0.25, -0.2) is 4.84 Å². The van der Waals surface area contributed by atoms with Gasteiger partial charge < -0.3 is 14.2 Å². The Morgan fingerprint density at radius 3 is 2.10 bits per heavy atom. The molecule has 0 radical (unpaired) electrons. The Morgan fingerprint density at radius 2 is 1.58 bits per heavy atom. The van der Waals surface area contributed by atoms with E-state index in [0.717, 1.165) is 5.69 Å². The second-order valence-electron chi connectivity index (χ2n) is 10.1. The minimum Gasteiger partial charge on any atom is -0.354 e. The highest BCUT2D eigenvalue weighted by atomic mass is 28.4. The Hall–Kier alpha value is -1.70. The van der Waals surface area contributed by atoms with E-state index in [1.54, 1.807) is 12.3 Å². The number of ether oxygens (including phenoxy) is 1. The molecule has 3 rings (SSSR count). The summed E-state index contributed by atoms with van der Waals surface area (Å²) in [6, 6.07) is 21.0. The van der Waals surface area contributed by atoms with E-state index in [2.05, 4.69) is 100 Å². The third-order valence-electron chi connectivity index (χ3n) is 6.79. The summed E-state index contributed by atoms with van der Waals surface area (Å²) in [6.07, 6.45) is 0.564. The van der Waals surface area contributed by atoms with Gasteiger partial charge in [0.05, 0.1) is 0 Å². The molecule has 2 aromatic carbocycles. The second-order valence-corrected chi connectivity index (χ2v) is 14.9. The molecule has 0 N–H and O–H groups in total. The lowest BCUT2D eigenvalue weighted by atomic mass is 9.87. The largest absolute Gasteiger partial charge is 0.354 e. The first kappa shape index (κ1) is 23.9. The number of methoxy groups -OCH3 is 1. The van der Waals surface area contributed by atoms with Crippen LogP contribution in [-0.4, -0.2) is 39.7 Å². The van der Waals surface area contributed by atoms with Crippen LogP contribution in [0.3, 0.4) is 0 Å². The van der Waals surface area contributed by atoms with Gasteiger partial charge in [0.25, 0.3) is 0 Å². The maximum absolute atomic E-state index is 6.78. The zero-order valence-corrected chi connectivity index (χ0v) is 21.3. The molecule has 31 heavy (non-hydrogen) atoms. The minimum atomic E-state index is -2.17. The van der Waals surface area contributed by atoms with Gasteiger partial charge in [-0.05, 0) is 48.0 Å². The van der Waals surface area contributed by atoms with Crippen LogP contribution in [-0.2, 0) is 14.1 Å². The molecule has 0 spiro atoms. The Balaban J connectivity index is 2.09. The highest BCUT2D eigenvalue weighted by Gasteiger charge is 2.51. The molecule has 0 aromatic heterocycles. The Bertz CT molecular complexity index is 841. The van der Waals surface area contributed by atoms with Gasteiger partial charge in [-0.3, -0.25) is 0 Å². The van der Waals surface area contributed by atoms with E-state index in [0.29, 0.717) is 6.42 Å². The van der Waals surface area contributed by atoms with Crippen LogP contribution >= 0.6 is 0 Å². The van der Waals surface area contributed by atoms with Crippen molar-refractivity contribution >= 4 is 14.0 Å². The molecule has 1 fully saturated rings. The molecule has 0 saturated carbocycles. The van der Waals surface area contributed by atoms with E-state index in [4.69, 9.17) is 14.1 Å². The fraction of sp³-hybridized carbons (Fsp3) is 0.520. The lowest BCUT2D eigenvalue weighted by Crippen LogP contribution is -2.62. The molecule has 170 valence electrons. The molecular formula is C25H38N2O3Si. The van der Waals surface area contributed by atoms with Crippen molar-refractivity contribution in [3.63, 3.8) is 0 Å². The average Bonchev–Trinajstić information content (AvgIpc) is 2.73. The highest BCUT2D eigenvalue weighted by Crippen LogP contribution is 2.45. The van der Waals surface area contributed by atoms with Crippen LogP contribution in [0.4, 0.5) is 5.69 Å². The molecule has 0 unspecified atom stereocenters. The van der Waals surface area contributed by atoms with Gasteiger partial charge >= 0.3 is 0 Å². The molecule has 2 aromatic rings. The number of nitrogens with zero attached hydrogens (tertiary/aromatic N) is 2. The van der Waals surface area contributed by atoms with Crippen molar-refractivity contribution in [1.82, 2.24) is 5.23 Å². The molecule has 1 heterocycles. The van der Waals surface area contributed by atoms with Crippen molar-refractivity contribution in [2.24, 2.45) is 0 Å². The Kier molecular flexibility index (Phi) is 6.98. The van der Waals surface area contributed by atoms with Gasteiger partial charge in [0.1, 0.15) is 6.17 Å². The second kappa shape index (κ2) is 9.04. The topological polar surface area (TPSA) is 34.2 Å². The lowest BCUT2D eigenvalue weighted by Gasteiger charge is -2.53. The van der Waals surface area contributed by atoms with E-state index < -0.39 is 14.1 Å². The number of para-hydroxylation sites is 1. The molecule has 3 atom stereocenters. The van der Waals surface area contributed by atoms with E-state index in [1.165, 1.54) is 5.56 Å². The van der Waals surface area contributed by atoms with E-state index in [9.17, 15) is 0 Å². The van der Waals surface area contributed by atoms with E-state index in [1.807, 2.05) is 13.0 Å². The molecule has 0 amide bonds. The molecule has 1 aliphatic rings. The van der Waals surface area contributed by atoms with Crippen LogP contribution in [0.1, 0.15) is 45.6 Å². The molecule has 0 aliphatic carbocycles. The number of hydrogen-bond acceptors (Lipinski definition) is 5. The van der Waals surface area contributed by atoms with Crippen LogP contribution in [0.25, 0.3) is 0 Å². The van der Waals surface area contributed by atoms with Gasteiger partial charge in [0.15, 0.2) is 5.79 Å². The fourth-order valence-corrected chi connectivity index (χ4v) is 4.57. The summed E-state index contributed by atoms with van der Waals surface area (Å²) in [5.41, 5.74) is 2.35. The summed E-state index contributed by atoms with van der Waals surface area (Å²) in [5, 5.41) is 1.78. The number of hydrogen-bond donors (Lipinski definition) is 0. The summed E-state index contributed by atoms with van der Waals surface area (Å²) in [5.74, 6) is -0.661. The normalized spacial score (nSPS) is 25.4. The molecule has 1 saturated heterocycles. The number of likely N-dealkylation sites (N-methyl/N-ethyl adjacent to an activating group) is 1. The summed E-state index contributed by atoms with van der Waals surface area (Å²) in [6.45, 7) is 13.2. The van der Waals surface area contributed by atoms with Gasteiger partial charge in [0.2, 0.25) is 8.32 Å². The third-order valence-corrected chi connectivity index (χ3v) is 11.0. The zero-order chi connectivity index (χ0) is 22.9. The van der Waals surface area contributed by atoms with Crippen molar-refractivity contribution in [3.8, 4) is 0 Å². The van der Waals surface area contributed by atoms with Crippen LogP contribution in [0, 0.1) is 0 Å². The first-order chi connectivity index (χ1) is 14.5. The predicted molar refractivity (Wildman–Crippen MR) is 129 cm³/mol. The number of hydroxylamine groups is 2. The maximum Gasteiger partial charge on any atom is 0.223 e. The third kappa shape index (κ3) is 5.21. The van der Waals surface area contributed by atoms with Crippen LogP contribution < -0.4 is 4.90 Å². The molecular weight excluding hydrogens is 404 g/mol.